The van der Waals surface area contributed by atoms with Crippen molar-refractivity contribution in [3.8, 4) is 0 Å². The van der Waals surface area contributed by atoms with Crippen molar-refractivity contribution < 1.29 is 0 Å². The molecule has 2 heteroatoms. The summed E-state index contributed by atoms with van der Waals surface area (Å²) < 4.78 is 0. The molecule has 0 bridgehead atoms. The van der Waals surface area contributed by atoms with E-state index in [1.807, 2.05) is 11.8 Å². The Balaban J connectivity index is 2.09. The average Bonchev–Trinajstić information content (AvgIpc) is 2.28. The third-order valence-electron chi connectivity index (χ3n) is 2.80. The molecule has 0 spiro atoms. The maximum Gasteiger partial charge on any atom is 0.0384 e. The van der Waals surface area contributed by atoms with Crippen LogP contribution in [0.1, 0.15) is 40.0 Å². The average molecular weight is 271 g/mol. The predicted octanol–water partition coefficient (Wildman–Crippen LogP) is 5.60. The molecule has 0 fully saturated rings. The summed E-state index contributed by atoms with van der Waals surface area (Å²) in [5.74, 6) is 1.19. The van der Waals surface area contributed by atoms with Gasteiger partial charge in [0.15, 0.2) is 0 Å². The predicted molar refractivity (Wildman–Crippen MR) is 80.1 cm³/mol. The van der Waals surface area contributed by atoms with E-state index in [9.17, 15) is 0 Å². The Hall–Kier alpha value is -0.140. The van der Waals surface area contributed by atoms with Gasteiger partial charge in [0, 0.05) is 10.3 Å². The van der Waals surface area contributed by atoms with Crippen LogP contribution in [0.4, 0.5) is 0 Å². The molecule has 0 radical (unpaired) electrons. The first-order chi connectivity index (χ1) is 8.00. The smallest absolute Gasteiger partial charge is 0.0384 e. The summed E-state index contributed by atoms with van der Waals surface area (Å²) in [7, 11) is 0. The Bertz CT molecular complexity index is 302. The van der Waals surface area contributed by atoms with E-state index in [4.69, 9.17) is 11.6 Å². The Morgan fingerprint density at radius 2 is 1.76 bits per heavy atom. The van der Waals surface area contributed by atoms with Crippen LogP contribution in [0, 0.1) is 5.41 Å². The van der Waals surface area contributed by atoms with E-state index in [1.165, 1.54) is 23.5 Å². The van der Waals surface area contributed by atoms with E-state index in [2.05, 4.69) is 51.1 Å². The summed E-state index contributed by atoms with van der Waals surface area (Å²) in [5.41, 5.74) is 0.230. The molecule has 0 saturated carbocycles. The molecule has 0 aliphatic carbocycles. The molecule has 17 heavy (non-hydrogen) atoms. The first-order valence-corrected chi connectivity index (χ1v) is 7.74. The van der Waals surface area contributed by atoms with Crippen molar-refractivity contribution in [2.75, 3.05) is 5.75 Å². The van der Waals surface area contributed by atoms with Gasteiger partial charge in [0.2, 0.25) is 0 Å². The van der Waals surface area contributed by atoms with Crippen LogP contribution in [0.3, 0.4) is 0 Å². The lowest BCUT2D eigenvalue weighted by molar-refractivity contribution is 0.368. The molecule has 1 rings (SSSR count). The van der Waals surface area contributed by atoms with Crippen molar-refractivity contribution >= 4 is 23.4 Å². The van der Waals surface area contributed by atoms with Crippen molar-refractivity contribution in [1.82, 2.24) is 0 Å². The molecule has 1 atom stereocenters. The Kier molecular flexibility index (Phi) is 6.43. The SMILES string of the molecule is CC(C)(C)C(Cl)CCCCSc1ccccc1. The van der Waals surface area contributed by atoms with E-state index < -0.39 is 0 Å². The topological polar surface area (TPSA) is 0 Å². The maximum atomic E-state index is 6.35. The van der Waals surface area contributed by atoms with Gasteiger partial charge in [0.25, 0.3) is 0 Å². The molecule has 0 aliphatic heterocycles. The summed E-state index contributed by atoms with van der Waals surface area (Å²) in [6.07, 6.45) is 3.60. The Morgan fingerprint density at radius 3 is 2.35 bits per heavy atom. The van der Waals surface area contributed by atoms with E-state index >= 15 is 0 Å². The number of benzene rings is 1. The number of halogens is 1. The largest absolute Gasteiger partial charge is 0.126 e. The highest BCUT2D eigenvalue weighted by Gasteiger charge is 2.21. The summed E-state index contributed by atoms with van der Waals surface area (Å²) in [4.78, 5) is 1.37. The monoisotopic (exact) mass is 270 g/mol. The van der Waals surface area contributed by atoms with Crippen LogP contribution < -0.4 is 0 Å². The lowest BCUT2D eigenvalue weighted by atomic mass is 9.89. The molecule has 96 valence electrons. The van der Waals surface area contributed by atoms with Gasteiger partial charge in [-0.15, -0.1) is 23.4 Å². The number of unbranched alkanes of at least 4 members (excludes halogenated alkanes) is 1. The summed E-state index contributed by atoms with van der Waals surface area (Å²) in [6.45, 7) is 6.64. The molecule has 1 unspecified atom stereocenters. The third kappa shape index (κ3) is 6.38. The maximum absolute atomic E-state index is 6.35. The Morgan fingerprint density at radius 1 is 1.12 bits per heavy atom. The van der Waals surface area contributed by atoms with Gasteiger partial charge in [-0.3, -0.25) is 0 Å². The molecule has 0 nitrogen and oxygen atoms in total. The van der Waals surface area contributed by atoms with Gasteiger partial charge in [-0.2, -0.15) is 0 Å². The third-order valence-corrected chi connectivity index (χ3v) is 4.77. The second-order valence-corrected chi connectivity index (χ2v) is 7.19. The first-order valence-electron chi connectivity index (χ1n) is 6.32. The fraction of sp³-hybridized carbons (Fsp3) is 0.600. The van der Waals surface area contributed by atoms with E-state index in [0.717, 1.165) is 6.42 Å². The number of hydrogen-bond acceptors (Lipinski definition) is 1. The van der Waals surface area contributed by atoms with Crippen LogP contribution in [0.15, 0.2) is 35.2 Å². The van der Waals surface area contributed by atoms with Gasteiger partial charge in [-0.05, 0) is 36.1 Å². The summed E-state index contributed by atoms with van der Waals surface area (Å²) >= 11 is 8.28. The number of thioether (sulfide) groups is 1. The molecular weight excluding hydrogens is 248 g/mol. The van der Waals surface area contributed by atoms with Crippen LogP contribution in [0.2, 0.25) is 0 Å². The van der Waals surface area contributed by atoms with Crippen molar-refractivity contribution in [2.45, 2.75) is 50.3 Å². The zero-order valence-electron chi connectivity index (χ0n) is 11.1. The van der Waals surface area contributed by atoms with E-state index in [1.54, 1.807) is 0 Å². The van der Waals surface area contributed by atoms with Gasteiger partial charge in [-0.25, -0.2) is 0 Å². The molecule has 0 N–H and O–H groups in total. The highest BCUT2D eigenvalue weighted by molar-refractivity contribution is 7.99. The fourth-order valence-corrected chi connectivity index (χ4v) is 2.65. The van der Waals surface area contributed by atoms with E-state index in [0.29, 0.717) is 5.38 Å². The van der Waals surface area contributed by atoms with Crippen LogP contribution in [-0.2, 0) is 0 Å². The van der Waals surface area contributed by atoms with Gasteiger partial charge >= 0.3 is 0 Å². The van der Waals surface area contributed by atoms with Crippen molar-refractivity contribution in [3.05, 3.63) is 30.3 Å². The Labute approximate surface area is 115 Å². The van der Waals surface area contributed by atoms with E-state index in [-0.39, 0.29) is 5.41 Å². The summed E-state index contributed by atoms with van der Waals surface area (Å²) in [5, 5.41) is 0.296. The van der Waals surface area contributed by atoms with Crippen LogP contribution in [0.5, 0.6) is 0 Å². The van der Waals surface area contributed by atoms with Gasteiger partial charge < -0.3 is 0 Å². The van der Waals surface area contributed by atoms with Gasteiger partial charge in [-0.1, -0.05) is 45.4 Å². The molecule has 1 aromatic carbocycles. The molecule has 0 saturated heterocycles. The standard InChI is InChI=1S/C15H23ClS/c1-15(2,3)14(16)11-7-8-12-17-13-9-5-4-6-10-13/h4-6,9-10,14H,7-8,11-12H2,1-3H3. The lowest BCUT2D eigenvalue weighted by Gasteiger charge is -2.24. The fourth-order valence-electron chi connectivity index (χ4n) is 1.57. The van der Waals surface area contributed by atoms with Crippen molar-refractivity contribution in [1.29, 1.82) is 0 Å². The molecule has 0 amide bonds. The minimum atomic E-state index is 0.230. The van der Waals surface area contributed by atoms with Crippen molar-refractivity contribution in [3.63, 3.8) is 0 Å². The second kappa shape index (κ2) is 7.33. The minimum absolute atomic E-state index is 0.230. The van der Waals surface area contributed by atoms with Crippen LogP contribution >= 0.6 is 23.4 Å². The minimum Gasteiger partial charge on any atom is -0.126 e. The molecule has 1 aromatic rings. The first kappa shape index (κ1) is 14.9. The zero-order chi connectivity index (χ0) is 12.7. The van der Waals surface area contributed by atoms with Crippen LogP contribution in [-0.4, -0.2) is 11.1 Å². The molecule has 0 aliphatic rings. The molecule has 0 aromatic heterocycles. The number of hydrogen-bond donors (Lipinski definition) is 0. The van der Waals surface area contributed by atoms with Crippen molar-refractivity contribution in [2.24, 2.45) is 5.41 Å². The highest BCUT2D eigenvalue weighted by atomic mass is 35.5. The normalized spacial score (nSPS) is 13.6. The second-order valence-electron chi connectivity index (χ2n) is 5.49. The molecular formula is C15H23ClS. The number of alkyl halides is 1. The van der Waals surface area contributed by atoms with Crippen LogP contribution in [0.25, 0.3) is 0 Å². The lowest BCUT2D eigenvalue weighted by Crippen LogP contribution is -2.20. The number of rotatable bonds is 6. The van der Waals surface area contributed by atoms with Gasteiger partial charge in [0.1, 0.15) is 0 Å². The van der Waals surface area contributed by atoms with Gasteiger partial charge in [0.05, 0.1) is 0 Å². The molecule has 0 heterocycles. The zero-order valence-corrected chi connectivity index (χ0v) is 12.7. The highest BCUT2D eigenvalue weighted by Crippen LogP contribution is 2.29. The summed E-state index contributed by atoms with van der Waals surface area (Å²) in [6, 6.07) is 10.6. The quantitative estimate of drug-likeness (QED) is 0.368.